The van der Waals surface area contributed by atoms with Gasteiger partial charge in [0.1, 0.15) is 11.9 Å². The van der Waals surface area contributed by atoms with Crippen molar-refractivity contribution >= 4 is 0 Å². The van der Waals surface area contributed by atoms with E-state index in [9.17, 15) is 5.11 Å². The molecule has 1 aliphatic rings. The van der Waals surface area contributed by atoms with Gasteiger partial charge in [-0.25, -0.2) is 4.98 Å². The molecule has 0 radical (unpaired) electrons. The lowest BCUT2D eigenvalue weighted by atomic mass is 9.89. The summed E-state index contributed by atoms with van der Waals surface area (Å²) in [6.45, 7) is 6.53. The summed E-state index contributed by atoms with van der Waals surface area (Å²) in [5, 5.41) is 10.6. The molecule has 23 heavy (non-hydrogen) atoms. The Morgan fingerprint density at radius 1 is 1.22 bits per heavy atom. The van der Waals surface area contributed by atoms with Gasteiger partial charge in [0.2, 0.25) is 0 Å². The van der Waals surface area contributed by atoms with Crippen LogP contribution < -0.4 is 0 Å². The van der Waals surface area contributed by atoms with Gasteiger partial charge in [-0.1, -0.05) is 24.3 Å². The van der Waals surface area contributed by atoms with Crippen LogP contribution in [0.5, 0.6) is 0 Å². The van der Waals surface area contributed by atoms with Crippen LogP contribution in [-0.4, -0.2) is 32.6 Å². The summed E-state index contributed by atoms with van der Waals surface area (Å²) in [7, 11) is 1.95. The second kappa shape index (κ2) is 6.85. The molecule has 2 unspecified atom stereocenters. The smallest absolute Gasteiger partial charge is 0.137 e. The van der Waals surface area contributed by atoms with E-state index >= 15 is 0 Å². The molecule has 0 aliphatic carbocycles. The maximum Gasteiger partial charge on any atom is 0.137 e. The van der Waals surface area contributed by atoms with E-state index in [0.717, 1.165) is 31.8 Å². The number of likely N-dealkylation sites (tertiary alicyclic amines) is 1. The average molecular weight is 313 g/mol. The molecule has 0 saturated carbocycles. The molecule has 0 amide bonds. The van der Waals surface area contributed by atoms with Crippen molar-refractivity contribution in [2.45, 2.75) is 38.8 Å². The lowest BCUT2D eigenvalue weighted by molar-refractivity contribution is 0.0405. The molecular formula is C19H27N3O. The highest BCUT2D eigenvalue weighted by Gasteiger charge is 2.30. The lowest BCUT2D eigenvalue weighted by Gasteiger charge is -2.38. The van der Waals surface area contributed by atoms with Crippen LogP contribution in [0.15, 0.2) is 36.7 Å². The third kappa shape index (κ3) is 3.33. The molecule has 2 atom stereocenters. The molecule has 2 aromatic rings. The Morgan fingerprint density at radius 2 is 1.91 bits per heavy atom. The lowest BCUT2D eigenvalue weighted by Crippen LogP contribution is -2.37. The fraction of sp³-hybridized carbons (Fsp3) is 0.526. The number of piperidine rings is 1. The van der Waals surface area contributed by atoms with E-state index in [2.05, 4.69) is 48.0 Å². The van der Waals surface area contributed by atoms with Crippen molar-refractivity contribution in [1.82, 2.24) is 14.5 Å². The summed E-state index contributed by atoms with van der Waals surface area (Å²) in [6.07, 6.45) is 5.24. The highest BCUT2D eigenvalue weighted by molar-refractivity contribution is 5.28. The standard InChI is InChI=1S/C19H27N3O/c1-14-6-4-5-7-17(14)15(2)22-11-8-16(9-12-22)18(23)19-20-10-13-21(19)3/h4-7,10,13,15-16,18,23H,8-9,11-12H2,1-3H3. The summed E-state index contributed by atoms with van der Waals surface area (Å²) in [4.78, 5) is 6.84. The molecule has 1 saturated heterocycles. The van der Waals surface area contributed by atoms with Crippen molar-refractivity contribution < 1.29 is 5.11 Å². The highest BCUT2D eigenvalue weighted by atomic mass is 16.3. The molecule has 4 heteroatoms. The fourth-order valence-electron chi connectivity index (χ4n) is 3.75. The molecule has 1 aliphatic heterocycles. The summed E-state index contributed by atoms with van der Waals surface area (Å²) < 4.78 is 1.92. The van der Waals surface area contributed by atoms with Crippen LogP contribution in [0.3, 0.4) is 0 Å². The maximum absolute atomic E-state index is 10.6. The van der Waals surface area contributed by atoms with Gasteiger partial charge in [-0.3, -0.25) is 4.90 Å². The Hall–Kier alpha value is -1.65. The normalized spacial score (nSPS) is 19.7. The Bertz CT molecular complexity index is 644. The second-order valence-corrected chi connectivity index (χ2v) is 6.75. The molecule has 4 nitrogen and oxygen atoms in total. The zero-order chi connectivity index (χ0) is 16.4. The monoisotopic (exact) mass is 313 g/mol. The van der Waals surface area contributed by atoms with Crippen molar-refractivity contribution in [3.8, 4) is 0 Å². The van der Waals surface area contributed by atoms with E-state index in [-0.39, 0.29) is 0 Å². The fourth-order valence-corrected chi connectivity index (χ4v) is 3.75. The number of aryl methyl sites for hydroxylation is 2. The SMILES string of the molecule is Cc1ccccc1C(C)N1CCC(C(O)c2nccn2C)CC1. The van der Waals surface area contributed by atoms with Gasteiger partial charge in [-0.15, -0.1) is 0 Å². The first-order chi connectivity index (χ1) is 11.1. The van der Waals surface area contributed by atoms with Crippen molar-refractivity contribution in [1.29, 1.82) is 0 Å². The van der Waals surface area contributed by atoms with E-state index < -0.39 is 6.10 Å². The number of rotatable bonds is 4. The van der Waals surface area contributed by atoms with E-state index in [1.54, 1.807) is 6.20 Å². The third-order valence-corrected chi connectivity index (χ3v) is 5.33. The van der Waals surface area contributed by atoms with Crippen LogP contribution in [0.4, 0.5) is 0 Å². The number of hydrogen-bond donors (Lipinski definition) is 1. The zero-order valence-electron chi connectivity index (χ0n) is 14.3. The predicted octanol–water partition coefficient (Wildman–Crippen LogP) is 3.24. The number of nitrogens with zero attached hydrogens (tertiary/aromatic N) is 3. The van der Waals surface area contributed by atoms with Gasteiger partial charge in [0.05, 0.1) is 0 Å². The summed E-state index contributed by atoms with van der Waals surface area (Å²) in [6, 6.07) is 9.07. The number of aromatic nitrogens is 2. The Labute approximate surface area is 138 Å². The van der Waals surface area contributed by atoms with Crippen LogP contribution in [0.2, 0.25) is 0 Å². The van der Waals surface area contributed by atoms with Crippen molar-refractivity contribution in [2.24, 2.45) is 13.0 Å². The molecule has 1 aromatic carbocycles. The van der Waals surface area contributed by atoms with Crippen LogP contribution >= 0.6 is 0 Å². The van der Waals surface area contributed by atoms with E-state index in [4.69, 9.17) is 0 Å². The highest BCUT2D eigenvalue weighted by Crippen LogP contribution is 2.33. The van der Waals surface area contributed by atoms with E-state index in [1.165, 1.54) is 11.1 Å². The molecule has 3 rings (SSSR count). The Balaban J connectivity index is 1.62. The molecule has 1 aromatic heterocycles. The molecule has 1 N–H and O–H groups in total. The van der Waals surface area contributed by atoms with E-state index in [0.29, 0.717) is 12.0 Å². The quantitative estimate of drug-likeness (QED) is 0.942. The van der Waals surface area contributed by atoms with Crippen molar-refractivity contribution in [3.63, 3.8) is 0 Å². The summed E-state index contributed by atoms with van der Waals surface area (Å²) in [5.74, 6) is 1.09. The first-order valence-electron chi connectivity index (χ1n) is 8.52. The Kier molecular flexibility index (Phi) is 4.83. The molecular weight excluding hydrogens is 286 g/mol. The van der Waals surface area contributed by atoms with Gasteiger partial charge < -0.3 is 9.67 Å². The van der Waals surface area contributed by atoms with Crippen LogP contribution in [0.1, 0.15) is 48.9 Å². The number of aliphatic hydroxyl groups excluding tert-OH is 1. The first kappa shape index (κ1) is 16.2. The topological polar surface area (TPSA) is 41.3 Å². The van der Waals surface area contributed by atoms with Gasteiger partial charge >= 0.3 is 0 Å². The molecule has 2 heterocycles. The summed E-state index contributed by atoms with van der Waals surface area (Å²) >= 11 is 0. The number of imidazole rings is 1. The molecule has 1 fully saturated rings. The van der Waals surface area contributed by atoms with Crippen LogP contribution in [-0.2, 0) is 7.05 Å². The number of hydrogen-bond acceptors (Lipinski definition) is 3. The second-order valence-electron chi connectivity index (χ2n) is 6.75. The first-order valence-corrected chi connectivity index (χ1v) is 8.52. The number of aliphatic hydroxyl groups is 1. The third-order valence-electron chi connectivity index (χ3n) is 5.33. The minimum absolute atomic E-state index is 0.302. The molecule has 0 spiro atoms. The van der Waals surface area contributed by atoms with Gasteiger partial charge in [0.15, 0.2) is 0 Å². The molecule has 0 bridgehead atoms. The summed E-state index contributed by atoms with van der Waals surface area (Å²) in [5.41, 5.74) is 2.77. The van der Waals surface area contributed by atoms with Gasteiger partial charge in [0, 0.05) is 25.5 Å². The largest absolute Gasteiger partial charge is 0.385 e. The van der Waals surface area contributed by atoms with Crippen molar-refractivity contribution in [3.05, 3.63) is 53.6 Å². The van der Waals surface area contributed by atoms with Crippen molar-refractivity contribution in [2.75, 3.05) is 13.1 Å². The van der Waals surface area contributed by atoms with Crippen LogP contribution in [0.25, 0.3) is 0 Å². The van der Waals surface area contributed by atoms with Gasteiger partial charge in [-0.05, 0) is 56.8 Å². The van der Waals surface area contributed by atoms with Crippen LogP contribution in [0, 0.1) is 12.8 Å². The van der Waals surface area contributed by atoms with Gasteiger partial charge in [0.25, 0.3) is 0 Å². The Morgan fingerprint density at radius 3 is 2.52 bits per heavy atom. The van der Waals surface area contributed by atoms with E-state index in [1.807, 2.05) is 17.8 Å². The average Bonchev–Trinajstić information content (AvgIpc) is 3.00. The predicted molar refractivity (Wildman–Crippen MR) is 92.1 cm³/mol. The maximum atomic E-state index is 10.6. The van der Waals surface area contributed by atoms with Gasteiger partial charge in [-0.2, -0.15) is 0 Å². The number of benzene rings is 1. The minimum Gasteiger partial charge on any atom is -0.385 e. The zero-order valence-corrected chi connectivity index (χ0v) is 14.3. The molecule has 124 valence electrons. The minimum atomic E-state index is -0.453.